The average Bonchev–Trinajstić information content (AvgIpc) is 3.34. The number of piperidine rings is 1. The molecule has 4 rings (SSSR count). The maximum absolute atomic E-state index is 13.2. The molecule has 1 fully saturated rings. The highest BCUT2D eigenvalue weighted by Gasteiger charge is 2.31. The Kier molecular flexibility index (Phi) is 6.21. The zero-order valence-electron chi connectivity index (χ0n) is 17.3. The van der Waals surface area contributed by atoms with Crippen molar-refractivity contribution in [1.29, 1.82) is 0 Å². The molecule has 1 aliphatic rings. The number of sulfonamides is 1. The molecule has 0 aliphatic carbocycles. The summed E-state index contributed by atoms with van der Waals surface area (Å²) in [6, 6.07) is 8.18. The monoisotopic (exact) mass is 479 g/mol. The Morgan fingerprint density at radius 3 is 2.30 bits per heavy atom. The van der Waals surface area contributed by atoms with Crippen molar-refractivity contribution >= 4 is 21.6 Å². The van der Waals surface area contributed by atoms with Gasteiger partial charge in [-0.15, -0.1) is 0 Å². The molecule has 1 aromatic heterocycles. The van der Waals surface area contributed by atoms with Crippen molar-refractivity contribution in [1.82, 2.24) is 19.1 Å². The minimum absolute atomic E-state index is 0.0586. The molecule has 1 aliphatic heterocycles. The first kappa shape index (κ1) is 22.9. The van der Waals surface area contributed by atoms with Crippen molar-refractivity contribution < 1.29 is 26.4 Å². The summed E-state index contributed by atoms with van der Waals surface area (Å²) in [7, 11) is -3.66. The van der Waals surface area contributed by atoms with Gasteiger partial charge in [-0.1, -0.05) is 6.42 Å². The van der Waals surface area contributed by atoms with Gasteiger partial charge >= 0.3 is 6.18 Å². The lowest BCUT2D eigenvalue weighted by Gasteiger charge is -2.25. The number of aromatic nitrogens is 3. The molecule has 33 heavy (non-hydrogen) atoms. The van der Waals surface area contributed by atoms with Gasteiger partial charge < -0.3 is 5.32 Å². The second-order valence-electron chi connectivity index (χ2n) is 7.51. The van der Waals surface area contributed by atoms with Crippen LogP contribution in [0.15, 0.2) is 60.0 Å². The van der Waals surface area contributed by atoms with Crippen LogP contribution in [0, 0.1) is 0 Å². The summed E-state index contributed by atoms with van der Waals surface area (Å²) in [5.74, 6) is -0.697. The quantitative estimate of drug-likeness (QED) is 0.602. The van der Waals surface area contributed by atoms with E-state index in [2.05, 4.69) is 15.4 Å². The fourth-order valence-electron chi connectivity index (χ4n) is 3.57. The van der Waals surface area contributed by atoms with E-state index in [4.69, 9.17) is 0 Å². The third kappa shape index (κ3) is 4.91. The first-order valence-electron chi connectivity index (χ1n) is 10.1. The highest BCUT2D eigenvalue weighted by Crippen LogP contribution is 2.33. The summed E-state index contributed by atoms with van der Waals surface area (Å²) in [5, 5.41) is 6.37. The standard InChI is InChI=1S/C21H20F3N5O3S/c22-21(23,24)16-6-9-19(29-14-25-13-26-29)18(12-16)27-20(30)15-4-7-17(8-5-15)33(31,32)28-10-2-1-3-11-28/h4-9,12-14H,1-3,10-11H2,(H,27,30). The van der Waals surface area contributed by atoms with E-state index in [9.17, 15) is 26.4 Å². The first-order valence-corrected chi connectivity index (χ1v) is 11.6. The molecule has 0 atom stereocenters. The van der Waals surface area contributed by atoms with Gasteiger partial charge in [-0.2, -0.15) is 22.6 Å². The summed E-state index contributed by atoms with van der Waals surface area (Å²) >= 11 is 0. The summed E-state index contributed by atoms with van der Waals surface area (Å²) in [5.41, 5.74) is -0.775. The maximum atomic E-state index is 13.2. The van der Waals surface area contributed by atoms with Crippen LogP contribution in [0.3, 0.4) is 0 Å². The average molecular weight is 479 g/mol. The van der Waals surface area contributed by atoms with Gasteiger partial charge in [0.2, 0.25) is 10.0 Å². The van der Waals surface area contributed by atoms with Crippen LogP contribution in [0.1, 0.15) is 35.2 Å². The third-order valence-electron chi connectivity index (χ3n) is 5.31. The molecule has 1 N–H and O–H groups in total. The molecule has 2 aromatic carbocycles. The fourth-order valence-corrected chi connectivity index (χ4v) is 5.09. The lowest BCUT2D eigenvalue weighted by Crippen LogP contribution is -2.35. The number of nitrogens with one attached hydrogen (secondary N) is 1. The molecule has 8 nitrogen and oxygen atoms in total. The SMILES string of the molecule is O=C(Nc1cc(C(F)(F)F)ccc1-n1cncn1)c1ccc(S(=O)(=O)N2CCCCC2)cc1. The van der Waals surface area contributed by atoms with Crippen LogP contribution in [-0.4, -0.2) is 46.5 Å². The molecule has 12 heteroatoms. The summed E-state index contributed by atoms with van der Waals surface area (Å²) < 4.78 is 67.8. The zero-order chi connectivity index (χ0) is 23.6. The van der Waals surface area contributed by atoms with Crippen LogP contribution in [0.2, 0.25) is 0 Å². The molecular formula is C21H20F3N5O3S. The van der Waals surface area contributed by atoms with Gasteiger partial charge in [-0.25, -0.2) is 18.1 Å². The predicted molar refractivity (Wildman–Crippen MR) is 113 cm³/mol. The van der Waals surface area contributed by atoms with E-state index in [-0.39, 0.29) is 21.8 Å². The Balaban J connectivity index is 1.59. The lowest BCUT2D eigenvalue weighted by molar-refractivity contribution is -0.137. The number of anilines is 1. The van der Waals surface area contributed by atoms with Crippen molar-refractivity contribution in [2.24, 2.45) is 0 Å². The van der Waals surface area contributed by atoms with E-state index in [0.717, 1.165) is 31.4 Å². The van der Waals surface area contributed by atoms with Crippen molar-refractivity contribution in [3.8, 4) is 5.69 Å². The number of benzene rings is 2. The Bertz CT molecular complexity index is 1240. The molecule has 0 spiro atoms. The Morgan fingerprint density at radius 2 is 1.70 bits per heavy atom. The molecule has 0 saturated carbocycles. The molecule has 1 saturated heterocycles. The third-order valence-corrected chi connectivity index (χ3v) is 7.22. The van der Waals surface area contributed by atoms with E-state index in [1.807, 2.05) is 0 Å². The van der Waals surface area contributed by atoms with Crippen LogP contribution >= 0.6 is 0 Å². The van der Waals surface area contributed by atoms with Crippen molar-refractivity contribution in [3.05, 3.63) is 66.2 Å². The van der Waals surface area contributed by atoms with E-state index in [0.29, 0.717) is 13.1 Å². The minimum Gasteiger partial charge on any atom is -0.320 e. The van der Waals surface area contributed by atoms with E-state index in [1.54, 1.807) is 0 Å². The van der Waals surface area contributed by atoms with Crippen LogP contribution in [-0.2, 0) is 16.2 Å². The number of alkyl halides is 3. The smallest absolute Gasteiger partial charge is 0.320 e. The van der Waals surface area contributed by atoms with Gasteiger partial charge in [-0.3, -0.25) is 4.79 Å². The summed E-state index contributed by atoms with van der Waals surface area (Å²) in [4.78, 5) is 16.6. The number of carbonyl (C=O) groups excluding carboxylic acids is 1. The van der Waals surface area contributed by atoms with Crippen LogP contribution in [0.25, 0.3) is 5.69 Å². The van der Waals surface area contributed by atoms with E-state index >= 15 is 0 Å². The minimum atomic E-state index is -4.61. The topological polar surface area (TPSA) is 97.2 Å². The molecule has 174 valence electrons. The molecular weight excluding hydrogens is 459 g/mol. The largest absolute Gasteiger partial charge is 0.416 e. The Labute approximate surface area is 188 Å². The summed E-state index contributed by atoms with van der Waals surface area (Å²) in [6.45, 7) is 0.899. The van der Waals surface area contributed by atoms with E-state index < -0.39 is 27.7 Å². The lowest BCUT2D eigenvalue weighted by atomic mass is 10.1. The van der Waals surface area contributed by atoms with Crippen LogP contribution < -0.4 is 5.32 Å². The molecule has 2 heterocycles. The van der Waals surface area contributed by atoms with Crippen LogP contribution in [0.4, 0.5) is 18.9 Å². The van der Waals surface area contributed by atoms with Gasteiger partial charge in [0, 0.05) is 18.7 Å². The van der Waals surface area contributed by atoms with Crippen molar-refractivity contribution in [2.75, 3.05) is 18.4 Å². The molecule has 0 radical (unpaired) electrons. The maximum Gasteiger partial charge on any atom is 0.416 e. The normalized spacial score (nSPS) is 15.4. The number of hydrogen-bond acceptors (Lipinski definition) is 5. The van der Waals surface area contributed by atoms with Crippen molar-refractivity contribution in [2.45, 2.75) is 30.3 Å². The number of rotatable bonds is 5. The highest BCUT2D eigenvalue weighted by atomic mass is 32.2. The number of halogens is 3. The number of carbonyl (C=O) groups is 1. The number of hydrogen-bond donors (Lipinski definition) is 1. The zero-order valence-corrected chi connectivity index (χ0v) is 18.1. The van der Waals surface area contributed by atoms with E-state index in [1.165, 1.54) is 52.0 Å². The van der Waals surface area contributed by atoms with Gasteiger partial charge in [-0.05, 0) is 55.3 Å². The Morgan fingerprint density at radius 1 is 1.00 bits per heavy atom. The molecule has 0 bridgehead atoms. The van der Waals surface area contributed by atoms with Gasteiger partial charge in [0.15, 0.2) is 0 Å². The van der Waals surface area contributed by atoms with Crippen LogP contribution in [0.5, 0.6) is 0 Å². The molecule has 0 unspecified atom stereocenters. The highest BCUT2D eigenvalue weighted by molar-refractivity contribution is 7.89. The van der Waals surface area contributed by atoms with Gasteiger partial charge in [0.1, 0.15) is 12.7 Å². The first-order chi connectivity index (χ1) is 15.7. The second-order valence-corrected chi connectivity index (χ2v) is 9.45. The van der Waals surface area contributed by atoms with Gasteiger partial charge in [0.05, 0.1) is 21.8 Å². The number of nitrogens with zero attached hydrogens (tertiary/aromatic N) is 4. The van der Waals surface area contributed by atoms with Crippen molar-refractivity contribution in [3.63, 3.8) is 0 Å². The number of amides is 1. The molecule has 1 amide bonds. The second kappa shape index (κ2) is 8.94. The fraction of sp³-hybridized carbons (Fsp3) is 0.286. The Hall–Kier alpha value is -3.25. The summed E-state index contributed by atoms with van der Waals surface area (Å²) in [6.07, 6.45) is 0.473. The predicted octanol–water partition coefficient (Wildman–Crippen LogP) is 3.71. The van der Waals surface area contributed by atoms with Gasteiger partial charge in [0.25, 0.3) is 5.91 Å². The molecule has 3 aromatic rings.